The van der Waals surface area contributed by atoms with Gasteiger partial charge in [0.15, 0.2) is 0 Å². The van der Waals surface area contributed by atoms with Crippen molar-refractivity contribution in [2.45, 2.75) is 39.0 Å². The molecule has 0 spiro atoms. The molecule has 0 aliphatic rings. The monoisotopic (exact) mass is 142 g/mol. The van der Waals surface area contributed by atoms with Crippen LogP contribution in [0.4, 0.5) is 0 Å². The lowest BCUT2D eigenvalue weighted by molar-refractivity contribution is 1.25. The van der Waals surface area contributed by atoms with Crippen molar-refractivity contribution in [3.05, 3.63) is 12.2 Å². The molecule has 9 heavy (non-hydrogen) atoms. The third-order valence-electron chi connectivity index (χ3n) is 1.74. The van der Waals surface area contributed by atoms with Crippen LogP contribution in [0.2, 0.25) is 25.2 Å². The fourth-order valence-electron chi connectivity index (χ4n) is 0.942. The molecule has 0 atom stereocenters. The van der Waals surface area contributed by atoms with Gasteiger partial charge >= 0.3 is 0 Å². The number of rotatable bonds is 3. The summed E-state index contributed by atoms with van der Waals surface area (Å²) in [6, 6.07) is 2.67. The smallest absolute Gasteiger partial charge is 0.0511 e. The normalized spacial score (nSPS) is 11.6. The molecule has 0 aliphatic carbocycles. The molecular weight excluding hydrogens is 124 g/mol. The molecule has 0 radical (unpaired) electrons. The van der Waals surface area contributed by atoms with Crippen LogP contribution in [-0.4, -0.2) is 8.07 Å². The first kappa shape index (κ1) is 8.96. The molecule has 54 valence electrons. The molecular formula is C8H18Si. The predicted molar refractivity (Wildman–Crippen MR) is 47.6 cm³/mol. The lowest BCUT2D eigenvalue weighted by Crippen LogP contribution is -2.23. The first-order valence-corrected chi connectivity index (χ1v) is 7.04. The van der Waals surface area contributed by atoms with Crippen molar-refractivity contribution in [3.8, 4) is 0 Å². The quantitative estimate of drug-likeness (QED) is 0.419. The SMILES string of the molecule is C=C(C)C[Si](C)(C)CC. The van der Waals surface area contributed by atoms with Gasteiger partial charge in [0.2, 0.25) is 0 Å². The molecule has 0 aromatic heterocycles. The van der Waals surface area contributed by atoms with Gasteiger partial charge < -0.3 is 0 Å². The van der Waals surface area contributed by atoms with Crippen molar-refractivity contribution in [1.29, 1.82) is 0 Å². The minimum absolute atomic E-state index is 0.840. The summed E-state index contributed by atoms with van der Waals surface area (Å²) >= 11 is 0. The zero-order valence-corrected chi connectivity index (χ0v) is 8.12. The molecule has 0 rings (SSSR count). The maximum atomic E-state index is 3.92. The molecule has 0 aromatic rings. The Kier molecular flexibility index (Phi) is 3.19. The molecule has 0 bridgehead atoms. The van der Waals surface area contributed by atoms with Crippen molar-refractivity contribution < 1.29 is 0 Å². The van der Waals surface area contributed by atoms with E-state index in [0.717, 1.165) is 0 Å². The maximum Gasteiger partial charge on any atom is 0.0511 e. The van der Waals surface area contributed by atoms with Crippen LogP contribution in [0.25, 0.3) is 0 Å². The van der Waals surface area contributed by atoms with Crippen LogP contribution < -0.4 is 0 Å². The second-order valence-electron chi connectivity index (χ2n) is 3.65. The van der Waals surface area contributed by atoms with E-state index in [0.29, 0.717) is 0 Å². The van der Waals surface area contributed by atoms with E-state index in [9.17, 15) is 0 Å². The zero-order chi connectivity index (χ0) is 7.49. The molecule has 0 aromatic carbocycles. The fourth-order valence-corrected chi connectivity index (χ4v) is 2.83. The van der Waals surface area contributed by atoms with Crippen LogP contribution in [0.5, 0.6) is 0 Å². The van der Waals surface area contributed by atoms with Gasteiger partial charge in [-0.1, -0.05) is 31.6 Å². The number of hydrogen-bond acceptors (Lipinski definition) is 0. The summed E-state index contributed by atoms with van der Waals surface area (Å²) in [5.74, 6) is 0. The third-order valence-corrected chi connectivity index (χ3v) is 5.21. The van der Waals surface area contributed by atoms with Crippen molar-refractivity contribution in [3.63, 3.8) is 0 Å². The van der Waals surface area contributed by atoms with Crippen molar-refractivity contribution >= 4 is 8.07 Å². The highest BCUT2D eigenvalue weighted by molar-refractivity contribution is 6.77. The van der Waals surface area contributed by atoms with Crippen LogP contribution >= 0.6 is 0 Å². The Hall–Kier alpha value is -0.0431. The van der Waals surface area contributed by atoms with Crippen LogP contribution in [0.15, 0.2) is 12.2 Å². The topological polar surface area (TPSA) is 0 Å². The standard InChI is InChI=1S/C8H18Si/c1-6-9(4,5)7-8(2)3/h2,6-7H2,1,3-5H3. The van der Waals surface area contributed by atoms with Crippen LogP contribution in [0.3, 0.4) is 0 Å². The Morgan fingerprint density at radius 2 is 1.89 bits per heavy atom. The highest BCUT2D eigenvalue weighted by Crippen LogP contribution is 2.18. The van der Waals surface area contributed by atoms with E-state index >= 15 is 0 Å². The average Bonchev–Trinajstić information content (AvgIpc) is 1.63. The average molecular weight is 142 g/mol. The highest BCUT2D eigenvalue weighted by Gasteiger charge is 2.16. The van der Waals surface area contributed by atoms with Crippen molar-refractivity contribution in [2.24, 2.45) is 0 Å². The first-order chi connectivity index (χ1) is 3.98. The lowest BCUT2D eigenvalue weighted by atomic mass is 10.4. The summed E-state index contributed by atoms with van der Waals surface area (Å²) in [5.41, 5.74) is 1.36. The summed E-state index contributed by atoms with van der Waals surface area (Å²) in [5, 5.41) is 0. The molecule has 0 nitrogen and oxygen atoms in total. The van der Waals surface area contributed by atoms with Gasteiger partial charge in [-0.15, -0.1) is 6.58 Å². The van der Waals surface area contributed by atoms with E-state index in [1.807, 2.05) is 0 Å². The van der Waals surface area contributed by atoms with E-state index in [-0.39, 0.29) is 0 Å². The van der Waals surface area contributed by atoms with Gasteiger partial charge in [-0.3, -0.25) is 0 Å². The summed E-state index contributed by atoms with van der Waals surface area (Å²) in [6.07, 6.45) is 0. The van der Waals surface area contributed by atoms with Gasteiger partial charge in [0.05, 0.1) is 8.07 Å². The van der Waals surface area contributed by atoms with E-state index in [1.165, 1.54) is 17.7 Å². The Morgan fingerprint density at radius 1 is 1.44 bits per heavy atom. The van der Waals surface area contributed by atoms with Crippen LogP contribution in [-0.2, 0) is 0 Å². The Labute approximate surface area is 60.0 Å². The third kappa shape index (κ3) is 4.46. The van der Waals surface area contributed by atoms with E-state index in [1.54, 1.807) is 0 Å². The Balaban J connectivity index is 3.71. The van der Waals surface area contributed by atoms with Crippen molar-refractivity contribution in [1.82, 2.24) is 0 Å². The molecule has 1 heteroatoms. The summed E-state index contributed by atoms with van der Waals surface area (Å²) in [7, 11) is -0.840. The lowest BCUT2D eigenvalue weighted by Gasteiger charge is -2.19. The second kappa shape index (κ2) is 3.21. The maximum absolute atomic E-state index is 3.92. The van der Waals surface area contributed by atoms with Gasteiger partial charge in [-0.25, -0.2) is 0 Å². The van der Waals surface area contributed by atoms with E-state index in [2.05, 4.69) is 33.5 Å². The van der Waals surface area contributed by atoms with Gasteiger partial charge in [-0.05, 0) is 13.0 Å². The van der Waals surface area contributed by atoms with E-state index in [4.69, 9.17) is 0 Å². The van der Waals surface area contributed by atoms with Gasteiger partial charge in [-0.2, -0.15) is 0 Å². The molecule has 0 saturated carbocycles. The van der Waals surface area contributed by atoms with Crippen molar-refractivity contribution in [2.75, 3.05) is 0 Å². The molecule has 0 aliphatic heterocycles. The highest BCUT2D eigenvalue weighted by atomic mass is 28.3. The molecule has 0 amide bonds. The van der Waals surface area contributed by atoms with Gasteiger partial charge in [0.1, 0.15) is 0 Å². The van der Waals surface area contributed by atoms with Crippen LogP contribution in [0, 0.1) is 0 Å². The Morgan fingerprint density at radius 3 is 2.00 bits per heavy atom. The summed E-state index contributed by atoms with van der Waals surface area (Å²) in [6.45, 7) is 13.2. The molecule has 0 heterocycles. The molecule has 0 N–H and O–H groups in total. The minimum Gasteiger partial charge on any atom is -0.100 e. The largest absolute Gasteiger partial charge is 0.100 e. The molecule has 0 fully saturated rings. The fraction of sp³-hybridized carbons (Fsp3) is 0.750. The number of hydrogen-bond donors (Lipinski definition) is 0. The van der Waals surface area contributed by atoms with E-state index < -0.39 is 8.07 Å². The molecule has 0 unspecified atom stereocenters. The number of allylic oxidation sites excluding steroid dienone is 1. The summed E-state index contributed by atoms with van der Waals surface area (Å²) in [4.78, 5) is 0. The zero-order valence-electron chi connectivity index (χ0n) is 7.12. The van der Waals surface area contributed by atoms with Crippen LogP contribution in [0.1, 0.15) is 13.8 Å². The van der Waals surface area contributed by atoms with Gasteiger partial charge in [0.25, 0.3) is 0 Å². The minimum atomic E-state index is -0.840. The molecule has 0 saturated heterocycles. The second-order valence-corrected chi connectivity index (χ2v) is 9.04. The van der Waals surface area contributed by atoms with Gasteiger partial charge in [0, 0.05) is 0 Å². The predicted octanol–water partition coefficient (Wildman–Crippen LogP) is 3.29. The first-order valence-electron chi connectivity index (χ1n) is 3.62. The summed E-state index contributed by atoms with van der Waals surface area (Å²) < 4.78 is 0. The Bertz CT molecular complexity index is 103.